The summed E-state index contributed by atoms with van der Waals surface area (Å²) in [5.74, 6) is 0.867. The van der Waals surface area contributed by atoms with Crippen molar-refractivity contribution in [3.63, 3.8) is 0 Å². The summed E-state index contributed by atoms with van der Waals surface area (Å²) in [5, 5.41) is 7.79. The second kappa shape index (κ2) is 6.38. The van der Waals surface area contributed by atoms with Crippen LogP contribution in [0.15, 0.2) is 36.7 Å². The second-order valence-corrected chi connectivity index (χ2v) is 4.93. The van der Waals surface area contributed by atoms with E-state index in [0.29, 0.717) is 30.4 Å². The first kappa shape index (κ1) is 14.2. The van der Waals surface area contributed by atoms with Gasteiger partial charge in [0.05, 0.1) is 13.7 Å². The zero-order chi connectivity index (χ0) is 15.4. The Morgan fingerprint density at radius 2 is 1.91 bits per heavy atom. The Balaban J connectivity index is 1.59. The minimum Gasteiger partial charge on any atom is -0.480 e. The maximum atomic E-state index is 12.3. The van der Waals surface area contributed by atoms with Crippen LogP contribution in [0.3, 0.4) is 0 Å². The molecule has 0 spiro atoms. The number of ether oxygens (including phenoxy) is 2. The molecule has 22 heavy (non-hydrogen) atoms. The Bertz CT molecular complexity index is 633. The van der Waals surface area contributed by atoms with E-state index in [1.54, 1.807) is 41.6 Å². The molecule has 0 radical (unpaired) electrons. The number of pyridine rings is 1. The van der Waals surface area contributed by atoms with Crippen molar-refractivity contribution in [2.75, 3.05) is 20.2 Å². The smallest absolute Gasteiger partial charge is 0.254 e. The van der Waals surface area contributed by atoms with E-state index in [0.717, 1.165) is 6.42 Å². The highest BCUT2D eigenvalue weighted by molar-refractivity contribution is 5.94. The standard InChI is InChI=1S/C15H16N4O3/c1-21-13-2-3-14(18-17-13)22-12-6-9-19(10-12)15(20)11-4-7-16-8-5-11/h2-5,7-8,12H,6,9-10H2,1H3. The first-order chi connectivity index (χ1) is 10.8. The number of methoxy groups -OCH3 is 1. The van der Waals surface area contributed by atoms with Gasteiger partial charge in [-0.2, -0.15) is 0 Å². The van der Waals surface area contributed by atoms with E-state index in [1.807, 2.05) is 0 Å². The molecular formula is C15H16N4O3. The van der Waals surface area contributed by atoms with Crippen LogP contribution in [0.4, 0.5) is 0 Å². The lowest BCUT2D eigenvalue weighted by Gasteiger charge is -2.16. The van der Waals surface area contributed by atoms with Crippen LogP contribution in [0.1, 0.15) is 16.8 Å². The number of carbonyl (C=O) groups excluding carboxylic acids is 1. The average molecular weight is 300 g/mol. The topological polar surface area (TPSA) is 77.4 Å². The van der Waals surface area contributed by atoms with E-state index >= 15 is 0 Å². The predicted octanol–water partition coefficient (Wildman–Crippen LogP) is 1.17. The summed E-state index contributed by atoms with van der Waals surface area (Å²) >= 11 is 0. The zero-order valence-corrected chi connectivity index (χ0v) is 12.2. The van der Waals surface area contributed by atoms with Crippen molar-refractivity contribution in [3.8, 4) is 11.8 Å². The lowest BCUT2D eigenvalue weighted by molar-refractivity contribution is 0.0771. The summed E-state index contributed by atoms with van der Waals surface area (Å²) in [4.78, 5) is 18.0. The van der Waals surface area contributed by atoms with Gasteiger partial charge in [-0.1, -0.05) is 0 Å². The summed E-state index contributed by atoms with van der Waals surface area (Å²) < 4.78 is 10.7. The lowest BCUT2D eigenvalue weighted by atomic mass is 10.2. The summed E-state index contributed by atoms with van der Waals surface area (Å²) in [7, 11) is 1.53. The summed E-state index contributed by atoms with van der Waals surface area (Å²) in [5.41, 5.74) is 0.639. The Labute approximate surface area is 127 Å². The van der Waals surface area contributed by atoms with Crippen molar-refractivity contribution in [3.05, 3.63) is 42.2 Å². The third kappa shape index (κ3) is 3.13. The van der Waals surface area contributed by atoms with Crippen molar-refractivity contribution in [2.24, 2.45) is 0 Å². The van der Waals surface area contributed by atoms with Crippen LogP contribution >= 0.6 is 0 Å². The van der Waals surface area contributed by atoms with E-state index < -0.39 is 0 Å². The molecule has 0 saturated carbocycles. The predicted molar refractivity (Wildman–Crippen MR) is 77.8 cm³/mol. The van der Waals surface area contributed by atoms with Crippen molar-refractivity contribution >= 4 is 5.91 Å². The average Bonchev–Trinajstić information content (AvgIpc) is 3.04. The van der Waals surface area contributed by atoms with Crippen molar-refractivity contribution < 1.29 is 14.3 Å². The van der Waals surface area contributed by atoms with Crippen LogP contribution in [0.5, 0.6) is 11.8 Å². The number of rotatable bonds is 4. The first-order valence-corrected chi connectivity index (χ1v) is 7.00. The van der Waals surface area contributed by atoms with Crippen LogP contribution in [0, 0.1) is 0 Å². The zero-order valence-electron chi connectivity index (χ0n) is 12.2. The molecule has 114 valence electrons. The van der Waals surface area contributed by atoms with Gasteiger partial charge in [-0.25, -0.2) is 0 Å². The molecule has 2 aromatic heterocycles. The first-order valence-electron chi connectivity index (χ1n) is 7.00. The minimum absolute atomic E-state index is 0.00526. The number of amides is 1. The Morgan fingerprint density at radius 1 is 1.18 bits per heavy atom. The van der Waals surface area contributed by atoms with Crippen LogP contribution in [0.25, 0.3) is 0 Å². The molecule has 1 fully saturated rings. The maximum absolute atomic E-state index is 12.3. The highest BCUT2D eigenvalue weighted by Gasteiger charge is 2.28. The molecule has 0 bridgehead atoms. The number of hydrogen-bond donors (Lipinski definition) is 0. The van der Waals surface area contributed by atoms with Gasteiger partial charge in [0.15, 0.2) is 0 Å². The molecule has 0 N–H and O–H groups in total. The van der Waals surface area contributed by atoms with Gasteiger partial charge in [-0.3, -0.25) is 9.78 Å². The number of likely N-dealkylation sites (tertiary alicyclic amines) is 1. The molecule has 1 aliphatic heterocycles. The van der Waals surface area contributed by atoms with E-state index in [2.05, 4.69) is 15.2 Å². The highest BCUT2D eigenvalue weighted by atomic mass is 16.5. The van der Waals surface area contributed by atoms with Gasteiger partial charge in [0.25, 0.3) is 5.91 Å². The Hall–Kier alpha value is -2.70. The van der Waals surface area contributed by atoms with E-state index in [-0.39, 0.29) is 12.0 Å². The largest absolute Gasteiger partial charge is 0.480 e. The fourth-order valence-corrected chi connectivity index (χ4v) is 2.34. The molecule has 1 amide bonds. The number of aromatic nitrogens is 3. The summed E-state index contributed by atoms with van der Waals surface area (Å²) in [6.07, 6.45) is 3.92. The highest BCUT2D eigenvalue weighted by Crippen LogP contribution is 2.19. The van der Waals surface area contributed by atoms with Gasteiger partial charge in [-0.15, -0.1) is 10.2 Å². The third-order valence-electron chi connectivity index (χ3n) is 3.47. The van der Waals surface area contributed by atoms with Crippen molar-refractivity contribution in [2.45, 2.75) is 12.5 Å². The second-order valence-electron chi connectivity index (χ2n) is 4.93. The molecule has 0 aromatic carbocycles. The molecule has 7 nitrogen and oxygen atoms in total. The molecule has 7 heteroatoms. The molecule has 3 heterocycles. The van der Waals surface area contributed by atoms with E-state index in [1.165, 1.54) is 7.11 Å². The van der Waals surface area contributed by atoms with Gasteiger partial charge in [-0.05, 0) is 12.1 Å². The van der Waals surface area contributed by atoms with Gasteiger partial charge >= 0.3 is 0 Å². The number of hydrogen-bond acceptors (Lipinski definition) is 6. The SMILES string of the molecule is COc1ccc(OC2CCN(C(=O)c3ccncc3)C2)nn1. The molecule has 1 atom stereocenters. The summed E-state index contributed by atoms with van der Waals surface area (Å²) in [6.45, 7) is 1.20. The third-order valence-corrected chi connectivity index (χ3v) is 3.47. The quantitative estimate of drug-likeness (QED) is 0.843. The van der Waals surface area contributed by atoms with Crippen molar-refractivity contribution in [1.82, 2.24) is 20.1 Å². The molecule has 2 aromatic rings. The Morgan fingerprint density at radius 3 is 2.59 bits per heavy atom. The fourth-order valence-electron chi connectivity index (χ4n) is 2.34. The lowest BCUT2D eigenvalue weighted by Crippen LogP contribution is -2.31. The summed E-state index contributed by atoms with van der Waals surface area (Å²) in [6, 6.07) is 6.83. The van der Waals surface area contributed by atoms with Gasteiger partial charge < -0.3 is 14.4 Å². The normalized spacial score (nSPS) is 17.3. The van der Waals surface area contributed by atoms with Gasteiger partial charge in [0.2, 0.25) is 11.8 Å². The maximum Gasteiger partial charge on any atom is 0.254 e. The van der Waals surface area contributed by atoms with E-state index in [4.69, 9.17) is 9.47 Å². The minimum atomic E-state index is -0.0755. The molecular weight excluding hydrogens is 284 g/mol. The molecule has 1 unspecified atom stereocenters. The Kier molecular flexibility index (Phi) is 4.13. The van der Waals surface area contributed by atoms with Crippen LogP contribution in [-0.4, -0.2) is 52.3 Å². The van der Waals surface area contributed by atoms with Crippen LogP contribution in [0.2, 0.25) is 0 Å². The van der Waals surface area contributed by atoms with Crippen molar-refractivity contribution in [1.29, 1.82) is 0 Å². The van der Waals surface area contributed by atoms with Gasteiger partial charge in [0.1, 0.15) is 6.10 Å². The van der Waals surface area contributed by atoms with Gasteiger partial charge in [0, 0.05) is 43.1 Å². The van der Waals surface area contributed by atoms with Crippen LogP contribution < -0.4 is 9.47 Å². The molecule has 1 aliphatic rings. The van der Waals surface area contributed by atoms with Crippen LogP contribution in [-0.2, 0) is 0 Å². The molecule has 1 saturated heterocycles. The monoisotopic (exact) mass is 300 g/mol. The number of nitrogens with zero attached hydrogens (tertiary/aromatic N) is 4. The molecule has 0 aliphatic carbocycles. The fraction of sp³-hybridized carbons (Fsp3) is 0.333. The van der Waals surface area contributed by atoms with E-state index in [9.17, 15) is 4.79 Å². The molecule has 3 rings (SSSR count). The number of carbonyl (C=O) groups is 1.